The van der Waals surface area contributed by atoms with Crippen LogP contribution in [0.2, 0.25) is 0 Å². The normalized spacial score (nSPS) is 12.4. The number of Topliss-reactive ketones (excluding diaryl/α,β-unsaturated/α-hetero) is 1. The highest BCUT2D eigenvalue weighted by molar-refractivity contribution is 14.1. The Morgan fingerprint density at radius 3 is 1.81 bits per heavy atom. The highest BCUT2D eigenvalue weighted by Gasteiger charge is 2.31. The Kier molecular flexibility index (Phi) is 5.92. The molecule has 5 heteroatoms. The van der Waals surface area contributed by atoms with Crippen LogP contribution in [0, 0.1) is 6.92 Å². The van der Waals surface area contributed by atoms with E-state index >= 15 is 0 Å². The van der Waals surface area contributed by atoms with Crippen molar-refractivity contribution in [3.05, 3.63) is 107 Å². The van der Waals surface area contributed by atoms with Crippen LogP contribution in [-0.4, -0.2) is 14.2 Å². The van der Waals surface area contributed by atoms with Gasteiger partial charge < -0.3 is 0 Å². The van der Waals surface area contributed by atoms with Crippen LogP contribution < -0.4 is 0 Å². The average Bonchev–Trinajstić information content (AvgIpc) is 2.69. The van der Waals surface area contributed by atoms with Crippen LogP contribution in [0.4, 0.5) is 0 Å². The lowest BCUT2D eigenvalue weighted by Crippen LogP contribution is -2.15. The van der Waals surface area contributed by atoms with E-state index in [2.05, 4.69) is 0 Å². The maximum Gasteiger partial charge on any atom is 0.211 e. The Morgan fingerprint density at radius 2 is 1.26 bits per heavy atom. The van der Waals surface area contributed by atoms with E-state index in [1.807, 2.05) is 53.8 Å². The highest BCUT2D eigenvalue weighted by atomic mass is 127. The monoisotopic (exact) mass is 488 g/mol. The van der Waals surface area contributed by atoms with Crippen LogP contribution in [0.15, 0.2) is 94.7 Å². The summed E-state index contributed by atoms with van der Waals surface area (Å²) in [5.41, 5.74) is 2.10. The van der Waals surface area contributed by atoms with Crippen LogP contribution in [0.3, 0.4) is 0 Å². The third-order valence-corrected chi connectivity index (χ3v) is 7.42. The van der Waals surface area contributed by atoms with Gasteiger partial charge in [-0.05, 0) is 47.2 Å². The van der Waals surface area contributed by atoms with Crippen molar-refractivity contribution in [2.24, 2.45) is 0 Å². The molecule has 0 bridgehead atoms. The Morgan fingerprint density at radius 1 is 0.741 bits per heavy atom. The second-order valence-corrected chi connectivity index (χ2v) is 8.99. The molecule has 0 saturated carbocycles. The Hall–Kier alpha value is -2.25. The molecule has 0 N–H and O–H groups in total. The van der Waals surface area contributed by atoms with Crippen molar-refractivity contribution in [2.75, 3.05) is 0 Å². The molecular formula is C22H17IO3S. The molecule has 0 aliphatic rings. The van der Waals surface area contributed by atoms with Gasteiger partial charge >= 0.3 is 0 Å². The van der Waals surface area contributed by atoms with Gasteiger partial charge in [-0.25, -0.2) is 8.42 Å². The molecule has 3 aromatic carbocycles. The number of rotatable bonds is 5. The van der Waals surface area contributed by atoms with Crippen LogP contribution in [0.5, 0.6) is 0 Å². The number of benzene rings is 3. The van der Waals surface area contributed by atoms with Gasteiger partial charge in [-0.2, -0.15) is 0 Å². The average molecular weight is 488 g/mol. The number of carbonyl (C=O) groups excluding carboxylic acids is 1. The van der Waals surface area contributed by atoms with Gasteiger partial charge in [0.2, 0.25) is 15.6 Å². The summed E-state index contributed by atoms with van der Waals surface area (Å²) in [6, 6.07) is 24.0. The number of hydrogen-bond donors (Lipinski definition) is 0. The molecule has 0 heterocycles. The van der Waals surface area contributed by atoms with Gasteiger partial charge in [-0.1, -0.05) is 78.4 Å². The van der Waals surface area contributed by atoms with Gasteiger partial charge in [-0.15, -0.1) is 0 Å². The molecule has 3 aromatic rings. The summed E-state index contributed by atoms with van der Waals surface area (Å²) in [4.78, 5) is 13.1. The molecule has 136 valence electrons. The van der Waals surface area contributed by atoms with E-state index in [-0.39, 0.29) is 9.80 Å². The molecule has 0 saturated heterocycles. The summed E-state index contributed by atoms with van der Waals surface area (Å²) in [7, 11) is -3.98. The zero-order valence-electron chi connectivity index (χ0n) is 14.6. The Bertz CT molecular complexity index is 1090. The maximum absolute atomic E-state index is 13.3. The van der Waals surface area contributed by atoms with Crippen molar-refractivity contribution in [1.82, 2.24) is 0 Å². The van der Waals surface area contributed by atoms with E-state index in [1.54, 1.807) is 48.5 Å². The minimum atomic E-state index is -3.98. The van der Waals surface area contributed by atoms with Crippen molar-refractivity contribution in [3.8, 4) is 0 Å². The first kappa shape index (κ1) is 19.5. The minimum absolute atomic E-state index is 0.102. The standard InChI is InChI=1S/C22H17IO3S/c1-16-12-14-17(15-13-16)20(23)22(21(24)18-8-4-2-5-9-18)27(25,26)19-10-6-3-7-11-19/h2-15H,1H3/b22-20+. The van der Waals surface area contributed by atoms with Crippen LogP contribution in [0.25, 0.3) is 3.58 Å². The van der Waals surface area contributed by atoms with Crippen LogP contribution >= 0.6 is 22.6 Å². The predicted molar refractivity (Wildman–Crippen MR) is 117 cm³/mol. The molecule has 0 atom stereocenters. The van der Waals surface area contributed by atoms with Gasteiger partial charge in [-0.3, -0.25) is 4.79 Å². The van der Waals surface area contributed by atoms with Gasteiger partial charge in [0.1, 0.15) is 4.91 Å². The number of halogens is 1. The lowest BCUT2D eigenvalue weighted by atomic mass is 10.1. The van der Waals surface area contributed by atoms with E-state index < -0.39 is 15.6 Å². The van der Waals surface area contributed by atoms with Crippen molar-refractivity contribution < 1.29 is 13.2 Å². The van der Waals surface area contributed by atoms with E-state index in [9.17, 15) is 13.2 Å². The summed E-state index contributed by atoms with van der Waals surface area (Å²) in [6.07, 6.45) is 0. The largest absolute Gasteiger partial charge is 0.288 e. The van der Waals surface area contributed by atoms with Crippen molar-refractivity contribution in [2.45, 2.75) is 11.8 Å². The third kappa shape index (κ3) is 4.20. The molecule has 3 rings (SSSR count). The number of allylic oxidation sites excluding steroid dienone is 1. The fraction of sp³-hybridized carbons (Fsp3) is 0.0455. The molecule has 0 spiro atoms. The zero-order chi connectivity index (χ0) is 19.4. The lowest BCUT2D eigenvalue weighted by Gasteiger charge is -2.12. The molecule has 0 aliphatic heterocycles. The first-order chi connectivity index (χ1) is 12.9. The predicted octanol–water partition coefficient (Wildman–Crippen LogP) is 5.46. The number of carbonyl (C=O) groups is 1. The molecule has 0 aromatic heterocycles. The van der Waals surface area contributed by atoms with Crippen LogP contribution in [-0.2, 0) is 9.84 Å². The quantitative estimate of drug-likeness (QED) is 0.273. The smallest absolute Gasteiger partial charge is 0.211 e. The van der Waals surface area contributed by atoms with Gasteiger partial charge in [0.25, 0.3) is 0 Å². The van der Waals surface area contributed by atoms with E-state index in [1.165, 1.54) is 12.1 Å². The maximum atomic E-state index is 13.3. The molecule has 3 nitrogen and oxygen atoms in total. The topological polar surface area (TPSA) is 51.2 Å². The molecule has 0 aliphatic carbocycles. The fourth-order valence-corrected chi connectivity index (χ4v) is 5.55. The fourth-order valence-electron chi connectivity index (χ4n) is 2.61. The molecule has 0 amide bonds. The Balaban J connectivity index is 2.25. The first-order valence-electron chi connectivity index (χ1n) is 8.28. The molecule has 0 unspecified atom stereocenters. The third-order valence-electron chi connectivity index (χ3n) is 4.07. The second kappa shape index (κ2) is 8.19. The highest BCUT2D eigenvalue weighted by Crippen LogP contribution is 2.34. The van der Waals surface area contributed by atoms with Crippen molar-refractivity contribution >= 4 is 41.8 Å². The summed E-state index contributed by atoms with van der Waals surface area (Å²) >= 11 is 1.95. The first-order valence-corrected chi connectivity index (χ1v) is 10.8. The number of ketones is 1. The minimum Gasteiger partial charge on any atom is -0.288 e. The van der Waals surface area contributed by atoms with Crippen molar-refractivity contribution in [3.63, 3.8) is 0 Å². The van der Waals surface area contributed by atoms with Gasteiger partial charge in [0.15, 0.2) is 0 Å². The SMILES string of the molecule is Cc1ccc(/C(I)=C(/C(=O)c2ccccc2)S(=O)(=O)c2ccccc2)cc1. The Labute approximate surface area is 172 Å². The van der Waals surface area contributed by atoms with Crippen molar-refractivity contribution in [1.29, 1.82) is 0 Å². The van der Waals surface area contributed by atoms with E-state index in [0.29, 0.717) is 14.7 Å². The molecular weight excluding hydrogens is 471 g/mol. The summed E-state index contributed by atoms with van der Waals surface area (Å²) in [6.45, 7) is 1.96. The molecule has 27 heavy (non-hydrogen) atoms. The van der Waals surface area contributed by atoms with Gasteiger partial charge in [0, 0.05) is 9.14 Å². The van der Waals surface area contributed by atoms with E-state index in [0.717, 1.165) is 5.56 Å². The lowest BCUT2D eigenvalue weighted by molar-refractivity contribution is 0.104. The number of aryl methyl sites for hydroxylation is 1. The van der Waals surface area contributed by atoms with Crippen LogP contribution in [0.1, 0.15) is 21.5 Å². The second-order valence-electron chi connectivity index (χ2n) is 6.02. The number of sulfone groups is 1. The summed E-state index contributed by atoms with van der Waals surface area (Å²) in [5.74, 6) is -0.510. The molecule has 0 radical (unpaired) electrons. The summed E-state index contributed by atoms with van der Waals surface area (Å²) in [5, 5.41) is 0. The summed E-state index contributed by atoms with van der Waals surface area (Å²) < 4.78 is 27.1. The number of hydrogen-bond acceptors (Lipinski definition) is 3. The zero-order valence-corrected chi connectivity index (χ0v) is 17.6. The van der Waals surface area contributed by atoms with Gasteiger partial charge in [0.05, 0.1) is 4.90 Å². The molecule has 0 fully saturated rings. The van der Waals surface area contributed by atoms with E-state index in [4.69, 9.17) is 0 Å².